The van der Waals surface area contributed by atoms with Crippen molar-refractivity contribution in [2.24, 2.45) is 5.92 Å². The summed E-state index contributed by atoms with van der Waals surface area (Å²) in [6, 6.07) is 18.9. The molecule has 1 aliphatic heterocycles. The van der Waals surface area contributed by atoms with Crippen LogP contribution < -0.4 is 15.4 Å². The predicted molar refractivity (Wildman–Crippen MR) is 159 cm³/mol. The quantitative estimate of drug-likeness (QED) is 0.302. The molecule has 0 aliphatic carbocycles. The largest absolute Gasteiger partial charge is 0.488 e. The highest BCUT2D eigenvalue weighted by Crippen LogP contribution is 2.31. The van der Waals surface area contributed by atoms with E-state index in [0.717, 1.165) is 5.56 Å². The number of halogens is 2. The predicted octanol–water partition coefficient (Wildman–Crippen LogP) is 5.99. The van der Waals surface area contributed by atoms with E-state index in [9.17, 15) is 14.7 Å². The van der Waals surface area contributed by atoms with Crippen LogP contribution in [0.1, 0.15) is 29.8 Å². The Morgan fingerprint density at radius 3 is 2.50 bits per heavy atom. The van der Waals surface area contributed by atoms with Gasteiger partial charge in [-0.1, -0.05) is 54.4 Å². The number of ether oxygens (including phenoxy) is 1. The van der Waals surface area contributed by atoms with Gasteiger partial charge in [0.1, 0.15) is 11.9 Å². The van der Waals surface area contributed by atoms with E-state index in [1.54, 1.807) is 41.3 Å². The number of anilines is 2. The first kappa shape index (κ1) is 29.7. The van der Waals surface area contributed by atoms with Gasteiger partial charge in [-0.3, -0.25) is 9.69 Å². The maximum atomic E-state index is 13.7. The zero-order valence-electron chi connectivity index (χ0n) is 22.7. The van der Waals surface area contributed by atoms with Gasteiger partial charge in [-0.15, -0.1) is 0 Å². The van der Waals surface area contributed by atoms with Crippen LogP contribution in [0.25, 0.3) is 0 Å². The number of aliphatic hydroxyl groups is 1. The molecule has 1 aliphatic rings. The highest BCUT2D eigenvalue weighted by atomic mass is 35.5. The van der Waals surface area contributed by atoms with Crippen molar-refractivity contribution in [3.8, 4) is 5.75 Å². The number of para-hydroxylation sites is 1. The molecule has 0 saturated carbocycles. The highest BCUT2D eigenvalue weighted by molar-refractivity contribution is 6.42. The number of likely N-dealkylation sites (N-methyl/N-ethyl adjacent to an activating group) is 1. The van der Waals surface area contributed by atoms with E-state index in [1.165, 1.54) is 0 Å². The average molecular weight is 586 g/mol. The van der Waals surface area contributed by atoms with Gasteiger partial charge in [0, 0.05) is 36.9 Å². The molecule has 3 aromatic rings. The molecule has 3 aromatic carbocycles. The summed E-state index contributed by atoms with van der Waals surface area (Å²) in [5.74, 6) is 0.128. The number of urea groups is 1. The molecule has 3 amide bonds. The van der Waals surface area contributed by atoms with Crippen LogP contribution in [-0.4, -0.2) is 65.7 Å². The molecule has 0 saturated heterocycles. The molecule has 0 unspecified atom stereocenters. The second kappa shape index (κ2) is 13.4. The van der Waals surface area contributed by atoms with Crippen LogP contribution >= 0.6 is 23.2 Å². The normalized spacial score (nSPS) is 17.9. The lowest BCUT2D eigenvalue weighted by molar-refractivity contribution is 0.0341. The second-order valence-corrected chi connectivity index (χ2v) is 11.0. The van der Waals surface area contributed by atoms with E-state index in [1.807, 2.05) is 51.2 Å². The van der Waals surface area contributed by atoms with Crippen molar-refractivity contribution in [2.75, 3.05) is 37.4 Å². The summed E-state index contributed by atoms with van der Waals surface area (Å²) in [5, 5.41) is 16.5. The molecular weight excluding hydrogens is 551 g/mol. The first-order valence-corrected chi connectivity index (χ1v) is 13.9. The van der Waals surface area contributed by atoms with Crippen LogP contribution in [0.4, 0.5) is 16.2 Å². The summed E-state index contributed by atoms with van der Waals surface area (Å²) in [6.07, 6.45) is -0.256. The van der Waals surface area contributed by atoms with Crippen molar-refractivity contribution in [2.45, 2.75) is 32.5 Å². The van der Waals surface area contributed by atoms with Gasteiger partial charge < -0.3 is 25.4 Å². The second-order valence-electron chi connectivity index (χ2n) is 10.2. The standard InChI is InChI=1S/C30H34Cl2N4O4/c1-19-15-36(20(2)18-37)29(38)24-14-23(34-30(39)33-22-7-5-4-6-8-22)10-12-27(24)40-28(19)17-35(3)16-21-9-11-25(31)26(32)13-21/h4-14,19-20,28,37H,15-18H2,1-3H3,(H2,33,34,39)/t19-,20+,28-/m0/s1. The van der Waals surface area contributed by atoms with Gasteiger partial charge in [0.25, 0.3) is 5.91 Å². The summed E-state index contributed by atoms with van der Waals surface area (Å²) < 4.78 is 6.46. The molecule has 10 heteroatoms. The number of fused-ring (bicyclic) bond motifs is 1. The molecule has 3 N–H and O–H groups in total. The molecule has 0 radical (unpaired) electrons. The van der Waals surface area contributed by atoms with Crippen LogP contribution in [0.2, 0.25) is 10.0 Å². The fraction of sp³-hybridized carbons (Fsp3) is 0.333. The number of rotatable bonds is 8. The molecule has 0 spiro atoms. The zero-order valence-corrected chi connectivity index (χ0v) is 24.2. The van der Waals surface area contributed by atoms with E-state index < -0.39 is 12.1 Å². The van der Waals surface area contributed by atoms with Gasteiger partial charge in [-0.25, -0.2) is 4.79 Å². The molecule has 212 valence electrons. The van der Waals surface area contributed by atoms with E-state index in [0.29, 0.717) is 52.4 Å². The van der Waals surface area contributed by atoms with Crippen molar-refractivity contribution in [3.63, 3.8) is 0 Å². The smallest absolute Gasteiger partial charge is 0.323 e. The third kappa shape index (κ3) is 7.46. The number of hydrogen-bond acceptors (Lipinski definition) is 5. The first-order valence-electron chi connectivity index (χ1n) is 13.1. The molecule has 1 heterocycles. The number of carbonyl (C=O) groups is 2. The molecule has 3 atom stereocenters. The van der Waals surface area contributed by atoms with Crippen molar-refractivity contribution in [3.05, 3.63) is 87.9 Å². The van der Waals surface area contributed by atoms with Gasteiger partial charge in [0.2, 0.25) is 0 Å². The van der Waals surface area contributed by atoms with E-state index >= 15 is 0 Å². The third-order valence-corrected chi connectivity index (χ3v) is 7.62. The van der Waals surface area contributed by atoms with E-state index in [2.05, 4.69) is 15.5 Å². The van der Waals surface area contributed by atoms with Gasteiger partial charge in [0.05, 0.1) is 28.3 Å². The SMILES string of the molecule is C[C@H](CO)N1C[C@H](C)[C@H](CN(C)Cc2ccc(Cl)c(Cl)c2)Oc2ccc(NC(=O)Nc3ccccc3)cc2C1=O. The lowest BCUT2D eigenvalue weighted by atomic mass is 9.99. The highest BCUT2D eigenvalue weighted by Gasteiger charge is 2.33. The number of nitrogens with zero attached hydrogens (tertiary/aromatic N) is 2. The van der Waals surface area contributed by atoms with Crippen LogP contribution in [0.5, 0.6) is 5.75 Å². The van der Waals surface area contributed by atoms with Gasteiger partial charge in [-0.2, -0.15) is 0 Å². The fourth-order valence-electron chi connectivity index (χ4n) is 4.65. The number of nitrogens with one attached hydrogen (secondary N) is 2. The van der Waals surface area contributed by atoms with Gasteiger partial charge in [-0.05, 0) is 62.0 Å². The number of amides is 3. The van der Waals surface area contributed by atoms with Crippen LogP contribution in [0.3, 0.4) is 0 Å². The van der Waals surface area contributed by atoms with Crippen molar-refractivity contribution >= 4 is 46.5 Å². The van der Waals surface area contributed by atoms with Gasteiger partial charge >= 0.3 is 6.03 Å². The Balaban J connectivity index is 1.56. The lowest BCUT2D eigenvalue weighted by Gasteiger charge is -2.38. The van der Waals surface area contributed by atoms with Crippen LogP contribution in [0, 0.1) is 5.92 Å². The van der Waals surface area contributed by atoms with E-state index in [-0.39, 0.29) is 24.5 Å². The summed E-state index contributed by atoms with van der Waals surface area (Å²) in [6.45, 7) is 5.29. The molecule has 8 nitrogen and oxygen atoms in total. The summed E-state index contributed by atoms with van der Waals surface area (Å²) in [5.41, 5.74) is 2.44. The summed E-state index contributed by atoms with van der Waals surface area (Å²) in [7, 11) is 2.00. The Hall–Kier alpha value is -3.30. The Morgan fingerprint density at radius 2 is 1.80 bits per heavy atom. The maximum absolute atomic E-state index is 13.7. The minimum atomic E-state index is -0.429. The minimum Gasteiger partial charge on any atom is -0.488 e. The van der Waals surface area contributed by atoms with Gasteiger partial charge in [0.15, 0.2) is 0 Å². The Kier molecular flexibility index (Phi) is 9.92. The van der Waals surface area contributed by atoms with Crippen molar-refractivity contribution in [1.29, 1.82) is 0 Å². The molecule has 0 aromatic heterocycles. The molecule has 40 heavy (non-hydrogen) atoms. The van der Waals surface area contributed by atoms with Crippen molar-refractivity contribution in [1.82, 2.24) is 9.80 Å². The Bertz CT molecular complexity index is 1340. The number of carbonyl (C=O) groups excluding carboxylic acids is 2. The topological polar surface area (TPSA) is 94.1 Å². The number of benzene rings is 3. The number of hydrogen-bond donors (Lipinski definition) is 3. The zero-order chi connectivity index (χ0) is 28.8. The Morgan fingerprint density at radius 1 is 1.07 bits per heavy atom. The molecule has 0 fully saturated rings. The summed E-state index contributed by atoms with van der Waals surface area (Å²) >= 11 is 12.3. The molecule has 4 rings (SSSR count). The van der Waals surface area contributed by atoms with Crippen LogP contribution in [0.15, 0.2) is 66.7 Å². The number of aliphatic hydroxyl groups excluding tert-OH is 1. The fourth-order valence-corrected chi connectivity index (χ4v) is 4.98. The summed E-state index contributed by atoms with van der Waals surface area (Å²) in [4.78, 5) is 30.0. The van der Waals surface area contributed by atoms with Crippen molar-refractivity contribution < 1.29 is 19.4 Å². The Labute approximate surface area is 244 Å². The first-order chi connectivity index (χ1) is 19.1. The average Bonchev–Trinajstić information content (AvgIpc) is 2.93. The molecule has 0 bridgehead atoms. The lowest BCUT2D eigenvalue weighted by Crippen LogP contribution is -2.49. The van der Waals surface area contributed by atoms with E-state index in [4.69, 9.17) is 27.9 Å². The van der Waals surface area contributed by atoms with Crippen LogP contribution in [-0.2, 0) is 6.54 Å². The third-order valence-electron chi connectivity index (χ3n) is 6.88. The monoisotopic (exact) mass is 584 g/mol. The molecular formula is C30H34Cl2N4O4. The maximum Gasteiger partial charge on any atom is 0.323 e. The minimum absolute atomic E-state index is 0.0307.